The number of ether oxygens (including phenoxy) is 1. The molecule has 1 aliphatic rings. The van der Waals surface area contributed by atoms with Crippen molar-refractivity contribution in [2.75, 3.05) is 12.9 Å². The molecule has 1 fully saturated rings. The minimum atomic E-state index is 0.0215. The van der Waals surface area contributed by atoms with Gasteiger partial charge >= 0.3 is 0 Å². The zero-order valence-corrected chi connectivity index (χ0v) is 14.1. The van der Waals surface area contributed by atoms with E-state index in [9.17, 15) is 4.79 Å². The van der Waals surface area contributed by atoms with Crippen LogP contribution >= 0.6 is 11.8 Å². The minimum Gasteiger partial charge on any atom is -0.497 e. The van der Waals surface area contributed by atoms with Crippen LogP contribution in [0, 0.1) is 0 Å². The van der Waals surface area contributed by atoms with Crippen molar-refractivity contribution in [3.8, 4) is 5.75 Å². The summed E-state index contributed by atoms with van der Waals surface area (Å²) in [7, 11) is 1.65. The molecule has 1 aliphatic heterocycles. The van der Waals surface area contributed by atoms with E-state index in [2.05, 4.69) is 4.98 Å². The number of fused-ring (bicyclic) bond motifs is 1. The molecule has 2 aromatic heterocycles. The predicted octanol–water partition coefficient (Wildman–Crippen LogP) is 3.12. The molecule has 24 heavy (non-hydrogen) atoms. The summed E-state index contributed by atoms with van der Waals surface area (Å²) < 4.78 is 7.19. The topological polar surface area (TPSA) is 46.8 Å². The standard InChI is InChI=1S/C18H17N3O2S/c1-23-15-7-5-13(6-8-15)18-21(17(22)12-24-18)11-14-10-20-9-3-2-4-16(20)19-14/h2-10,18H,11-12H2,1H3/t18-/m0/s1. The predicted molar refractivity (Wildman–Crippen MR) is 93.9 cm³/mol. The lowest BCUT2D eigenvalue weighted by molar-refractivity contribution is -0.128. The zero-order valence-electron chi connectivity index (χ0n) is 13.3. The first kappa shape index (κ1) is 15.1. The summed E-state index contributed by atoms with van der Waals surface area (Å²) in [6.45, 7) is 0.518. The fourth-order valence-electron chi connectivity index (χ4n) is 2.91. The quantitative estimate of drug-likeness (QED) is 0.733. The molecule has 1 saturated heterocycles. The third-order valence-electron chi connectivity index (χ3n) is 4.12. The van der Waals surface area contributed by atoms with E-state index in [1.165, 1.54) is 0 Å². The monoisotopic (exact) mass is 339 g/mol. The smallest absolute Gasteiger partial charge is 0.234 e. The number of thioether (sulfide) groups is 1. The number of aromatic nitrogens is 2. The van der Waals surface area contributed by atoms with E-state index >= 15 is 0 Å². The maximum absolute atomic E-state index is 12.3. The van der Waals surface area contributed by atoms with Crippen LogP contribution in [-0.2, 0) is 11.3 Å². The van der Waals surface area contributed by atoms with Gasteiger partial charge < -0.3 is 14.0 Å². The van der Waals surface area contributed by atoms with Gasteiger partial charge in [-0.05, 0) is 29.8 Å². The summed E-state index contributed by atoms with van der Waals surface area (Å²) >= 11 is 1.65. The van der Waals surface area contributed by atoms with Crippen molar-refractivity contribution in [1.29, 1.82) is 0 Å². The first-order chi connectivity index (χ1) is 11.7. The van der Waals surface area contributed by atoms with Crippen molar-refractivity contribution in [3.05, 3.63) is 66.1 Å². The van der Waals surface area contributed by atoms with Crippen LogP contribution in [0.4, 0.5) is 0 Å². The van der Waals surface area contributed by atoms with Gasteiger partial charge in [-0.1, -0.05) is 18.2 Å². The number of pyridine rings is 1. The van der Waals surface area contributed by atoms with Crippen LogP contribution in [-0.4, -0.2) is 33.1 Å². The number of hydrogen-bond donors (Lipinski definition) is 0. The van der Waals surface area contributed by atoms with Crippen molar-refractivity contribution in [1.82, 2.24) is 14.3 Å². The number of amides is 1. The number of nitrogens with zero attached hydrogens (tertiary/aromatic N) is 3. The number of imidazole rings is 1. The first-order valence-corrected chi connectivity index (χ1v) is 8.77. The Labute approximate surface area is 144 Å². The van der Waals surface area contributed by atoms with Crippen LogP contribution in [0.25, 0.3) is 5.65 Å². The van der Waals surface area contributed by atoms with E-state index in [0.29, 0.717) is 12.3 Å². The lowest BCUT2D eigenvalue weighted by atomic mass is 10.2. The molecule has 3 heterocycles. The Bertz CT molecular complexity index is 842. The molecule has 0 aliphatic carbocycles. The maximum Gasteiger partial charge on any atom is 0.234 e. The molecule has 1 amide bonds. The van der Waals surface area contributed by atoms with Gasteiger partial charge in [0.25, 0.3) is 0 Å². The average Bonchev–Trinajstić information content (AvgIpc) is 3.19. The molecule has 4 rings (SSSR count). The second kappa shape index (κ2) is 6.20. The van der Waals surface area contributed by atoms with Crippen molar-refractivity contribution in [2.45, 2.75) is 11.9 Å². The number of benzene rings is 1. The van der Waals surface area contributed by atoms with Crippen LogP contribution in [0.15, 0.2) is 54.9 Å². The van der Waals surface area contributed by atoms with Gasteiger partial charge in [0.1, 0.15) is 16.8 Å². The molecular formula is C18H17N3O2S. The van der Waals surface area contributed by atoms with Crippen LogP contribution in [0.3, 0.4) is 0 Å². The Morgan fingerprint density at radius 1 is 1.25 bits per heavy atom. The largest absolute Gasteiger partial charge is 0.497 e. The normalized spacial score (nSPS) is 17.6. The summed E-state index contributed by atoms with van der Waals surface area (Å²) in [6.07, 6.45) is 3.95. The summed E-state index contributed by atoms with van der Waals surface area (Å²) in [5.74, 6) is 1.47. The molecule has 1 atom stereocenters. The number of rotatable bonds is 4. The van der Waals surface area contributed by atoms with Crippen LogP contribution in [0.1, 0.15) is 16.6 Å². The molecule has 0 spiro atoms. The second-order valence-electron chi connectivity index (χ2n) is 5.66. The molecule has 1 aromatic carbocycles. The van der Waals surface area contributed by atoms with Crippen molar-refractivity contribution < 1.29 is 9.53 Å². The molecule has 5 nitrogen and oxygen atoms in total. The van der Waals surface area contributed by atoms with E-state index in [1.807, 2.05) is 64.2 Å². The Kier molecular flexibility index (Phi) is 3.90. The van der Waals surface area contributed by atoms with E-state index in [1.54, 1.807) is 18.9 Å². The highest BCUT2D eigenvalue weighted by Gasteiger charge is 2.33. The zero-order chi connectivity index (χ0) is 16.5. The second-order valence-corrected chi connectivity index (χ2v) is 6.73. The van der Waals surface area contributed by atoms with E-state index < -0.39 is 0 Å². The molecule has 0 radical (unpaired) electrons. The highest BCUT2D eigenvalue weighted by molar-refractivity contribution is 8.00. The lowest BCUT2D eigenvalue weighted by Gasteiger charge is -2.23. The molecule has 6 heteroatoms. The molecule has 0 N–H and O–H groups in total. The maximum atomic E-state index is 12.3. The number of hydrogen-bond acceptors (Lipinski definition) is 4. The van der Waals surface area contributed by atoms with Crippen LogP contribution in [0.5, 0.6) is 5.75 Å². The Balaban J connectivity index is 1.60. The van der Waals surface area contributed by atoms with Gasteiger partial charge in [-0.15, -0.1) is 11.8 Å². The Morgan fingerprint density at radius 3 is 2.83 bits per heavy atom. The molecule has 122 valence electrons. The van der Waals surface area contributed by atoms with Gasteiger partial charge in [-0.2, -0.15) is 0 Å². The van der Waals surface area contributed by atoms with Gasteiger partial charge in [-0.25, -0.2) is 4.98 Å². The Hall–Kier alpha value is -2.47. The minimum absolute atomic E-state index is 0.0215. The van der Waals surface area contributed by atoms with Crippen LogP contribution < -0.4 is 4.74 Å². The summed E-state index contributed by atoms with van der Waals surface area (Å²) in [4.78, 5) is 18.8. The van der Waals surface area contributed by atoms with E-state index in [0.717, 1.165) is 22.7 Å². The number of carbonyl (C=O) groups excluding carboxylic acids is 1. The third-order valence-corrected chi connectivity index (χ3v) is 5.37. The van der Waals surface area contributed by atoms with Gasteiger partial charge in [-0.3, -0.25) is 4.79 Å². The highest BCUT2D eigenvalue weighted by atomic mass is 32.2. The van der Waals surface area contributed by atoms with Crippen molar-refractivity contribution in [2.24, 2.45) is 0 Å². The fraction of sp³-hybridized carbons (Fsp3) is 0.222. The molecule has 0 saturated carbocycles. The van der Waals surface area contributed by atoms with E-state index in [4.69, 9.17) is 4.74 Å². The Morgan fingerprint density at radius 2 is 2.08 bits per heavy atom. The van der Waals surface area contributed by atoms with Crippen molar-refractivity contribution >= 4 is 23.3 Å². The summed E-state index contributed by atoms with van der Waals surface area (Å²) in [5.41, 5.74) is 2.90. The number of methoxy groups -OCH3 is 1. The van der Waals surface area contributed by atoms with Gasteiger partial charge in [0.05, 0.1) is 25.1 Å². The lowest BCUT2D eigenvalue weighted by Crippen LogP contribution is -2.27. The van der Waals surface area contributed by atoms with Gasteiger partial charge in [0, 0.05) is 12.4 Å². The molecule has 3 aromatic rings. The SMILES string of the molecule is COc1ccc([C@@H]2SCC(=O)N2Cc2cn3ccccc3n2)cc1. The fourth-order valence-corrected chi connectivity index (χ4v) is 4.10. The van der Waals surface area contributed by atoms with Gasteiger partial charge in [0.15, 0.2) is 0 Å². The summed E-state index contributed by atoms with van der Waals surface area (Å²) in [5, 5.41) is 0.0215. The summed E-state index contributed by atoms with van der Waals surface area (Å²) in [6, 6.07) is 13.8. The van der Waals surface area contributed by atoms with E-state index in [-0.39, 0.29) is 11.3 Å². The molecule has 0 unspecified atom stereocenters. The first-order valence-electron chi connectivity index (χ1n) is 7.72. The molecule has 0 bridgehead atoms. The molecular weight excluding hydrogens is 322 g/mol. The third kappa shape index (κ3) is 2.73. The average molecular weight is 339 g/mol. The van der Waals surface area contributed by atoms with Gasteiger partial charge in [0.2, 0.25) is 5.91 Å². The van der Waals surface area contributed by atoms with Crippen molar-refractivity contribution in [3.63, 3.8) is 0 Å². The number of carbonyl (C=O) groups is 1. The highest BCUT2D eigenvalue weighted by Crippen LogP contribution is 2.39. The van der Waals surface area contributed by atoms with Crippen LogP contribution in [0.2, 0.25) is 0 Å².